The van der Waals surface area contributed by atoms with E-state index in [1.54, 1.807) is 27.9 Å². The van der Waals surface area contributed by atoms with Crippen LogP contribution in [0.2, 0.25) is 0 Å². The van der Waals surface area contributed by atoms with Crippen LogP contribution in [0.1, 0.15) is 38.3 Å². The van der Waals surface area contributed by atoms with Crippen molar-refractivity contribution >= 4 is 30.4 Å². The average Bonchev–Trinajstić information content (AvgIpc) is 2.82. The third-order valence-electron chi connectivity index (χ3n) is 5.29. The average molecular weight is 552 g/mol. The Morgan fingerprint density at radius 1 is 0.974 bits per heavy atom. The molecule has 0 saturated heterocycles. The van der Waals surface area contributed by atoms with E-state index in [-0.39, 0.29) is 19.0 Å². The maximum atomic E-state index is 13.1. The first-order valence-corrected chi connectivity index (χ1v) is 12.0. The van der Waals surface area contributed by atoms with Gasteiger partial charge in [-0.3, -0.25) is 9.59 Å². The molecule has 3 atom stereocenters. The number of aliphatic carboxylic acids is 1. The fourth-order valence-corrected chi connectivity index (χ4v) is 3.56. The quantitative estimate of drug-likeness (QED) is 0.255. The van der Waals surface area contributed by atoms with Crippen molar-refractivity contribution in [2.24, 2.45) is 0 Å². The number of nitrogens with one attached hydrogen (secondary N) is 3. The number of aliphatic hydroxyl groups is 1. The van der Waals surface area contributed by atoms with Crippen LogP contribution in [0.15, 0.2) is 54.6 Å². The summed E-state index contributed by atoms with van der Waals surface area (Å²) in [5, 5.41) is 28.5. The van der Waals surface area contributed by atoms with Gasteiger partial charge in [0.05, 0.1) is 25.7 Å². The fourth-order valence-electron chi connectivity index (χ4n) is 3.56. The highest BCUT2D eigenvalue weighted by Gasteiger charge is 2.30. The monoisotopic (exact) mass is 551 g/mol. The first kappa shape index (κ1) is 32.7. The zero-order valence-electron chi connectivity index (χ0n) is 22.1. The Labute approximate surface area is 229 Å². The van der Waals surface area contributed by atoms with E-state index in [1.165, 1.54) is 0 Å². The molecule has 0 aliphatic heterocycles. The second-order valence-corrected chi connectivity index (χ2v) is 9.65. The Hall–Kier alpha value is -3.34. The van der Waals surface area contributed by atoms with Gasteiger partial charge in [0.1, 0.15) is 17.4 Å². The van der Waals surface area contributed by atoms with Crippen molar-refractivity contribution in [2.75, 3.05) is 13.7 Å². The molecule has 10 nitrogen and oxygen atoms in total. The number of benzene rings is 2. The number of carboxylic acids is 1. The topological polar surface area (TPSA) is 146 Å². The second kappa shape index (κ2) is 15.8. The minimum atomic E-state index is -1.39. The van der Waals surface area contributed by atoms with Crippen LogP contribution in [0, 0.1) is 0 Å². The number of hydrogen-bond donors (Lipinski definition) is 5. The van der Waals surface area contributed by atoms with E-state index in [1.807, 2.05) is 54.6 Å². The second-order valence-electron chi connectivity index (χ2n) is 9.65. The minimum Gasteiger partial charge on any atom is -0.497 e. The molecule has 11 heteroatoms. The maximum Gasteiger partial charge on any atom is 0.408 e. The number of carboxylic acid groups (broad SMARTS) is 1. The number of methoxy groups -OCH3 is 1. The normalized spacial score (nSPS) is 13.3. The fraction of sp³-hybridized carbons (Fsp3) is 0.444. The van der Waals surface area contributed by atoms with Crippen LogP contribution in [0.4, 0.5) is 4.79 Å². The summed E-state index contributed by atoms with van der Waals surface area (Å²) in [5.41, 5.74) is 1.00. The summed E-state index contributed by atoms with van der Waals surface area (Å²) in [6.07, 6.45) is -2.27. The lowest BCUT2D eigenvalue weighted by Crippen LogP contribution is -2.55. The first-order valence-electron chi connectivity index (χ1n) is 12.0. The molecule has 0 saturated carbocycles. The van der Waals surface area contributed by atoms with Gasteiger partial charge in [-0.2, -0.15) is 0 Å². The standard InChI is InChI=1S/C27H37N3O7.ClH/c1-27(2,3)37-26(35)30-22(15-24(32)33)25(34)29-21(14-18-9-6-5-7-10-18)23(31)17-28-16-19-11-8-12-20(13-19)36-4;/h5-13,21-23,28,31H,14-17H2,1-4H3,(H,29,34)(H,30,35)(H,32,33);1H/t21-,22-,23+;/m0./s1. The summed E-state index contributed by atoms with van der Waals surface area (Å²) in [6.45, 7) is 5.58. The van der Waals surface area contributed by atoms with Crippen LogP contribution in [0.3, 0.4) is 0 Å². The molecular weight excluding hydrogens is 514 g/mol. The van der Waals surface area contributed by atoms with E-state index < -0.39 is 48.2 Å². The number of ether oxygens (including phenoxy) is 2. The van der Waals surface area contributed by atoms with Crippen LogP contribution in [0.5, 0.6) is 5.75 Å². The molecule has 2 amide bonds. The largest absolute Gasteiger partial charge is 0.497 e. The van der Waals surface area contributed by atoms with Crippen molar-refractivity contribution in [1.29, 1.82) is 0 Å². The molecule has 0 aromatic heterocycles. The smallest absolute Gasteiger partial charge is 0.408 e. The van der Waals surface area contributed by atoms with Crippen LogP contribution < -0.4 is 20.7 Å². The molecule has 0 aliphatic carbocycles. The molecule has 5 N–H and O–H groups in total. The molecule has 0 unspecified atom stereocenters. The Morgan fingerprint density at radius 2 is 1.63 bits per heavy atom. The molecule has 0 radical (unpaired) electrons. The van der Waals surface area contributed by atoms with Crippen LogP contribution in [0.25, 0.3) is 0 Å². The van der Waals surface area contributed by atoms with E-state index >= 15 is 0 Å². The number of halogens is 1. The number of aliphatic hydroxyl groups excluding tert-OH is 1. The summed E-state index contributed by atoms with van der Waals surface area (Å²) in [6, 6.07) is 14.6. The molecule has 38 heavy (non-hydrogen) atoms. The van der Waals surface area contributed by atoms with Gasteiger partial charge < -0.3 is 35.6 Å². The zero-order valence-corrected chi connectivity index (χ0v) is 22.9. The SMILES string of the molecule is COc1cccc(CNC[C@@H](O)[C@H](Cc2ccccc2)NC(=O)[C@H](CC(=O)O)NC(=O)OC(C)(C)C)c1.Cl. The molecule has 210 valence electrons. The number of hydrogen-bond acceptors (Lipinski definition) is 7. The molecule has 2 rings (SSSR count). The molecule has 2 aromatic carbocycles. The molecule has 0 spiro atoms. The van der Waals surface area contributed by atoms with E-state index in [2.05, 4.69) is 16.0 Å². The highest BCUT2D eigenvalue weighted by atomic mass is 35.5. The van der Waals surface area contributed by atoms with E-state index in [9.17, 15) is 24.6 Å². The van der Waals surface area contributed by atoms with Crippen molar-refractivity contribution in [2.45, 2.75) is 63.9 Å². The minimum absolute atomic E-state index is 0. The molecule has 0 fully saturated rings. The summed E-state index contributed by atoms with van der Waals surface area (Å²) >= 11 is 0. The lowest BCUT2D eigenvalue weighted by Gasteiger charge is -2.28. The third-order valence-corrected chi connectivity index (χ3v) is 5.29. The predicted molar refractivity (Wildman–Crippen MR) is 145 cm³/mol. The van der Waals surface area contributed by atoms with Gasteiger partial charge >= 0.3 is 12.1 Å². The number of carbonyl (C=O) groups excluding carboxylic acids is 2. The summed E-state index contributed by atoms with van der Waals surface area (Å²) in [4.78, 5) is 36.6. The number of rotatable bonds is 13. The highest BCUT2D eigenvalue weighted by Crippen LogP contribution is 2.13. The highest BCUT2D eigenvalue weighted by molar-refractivity contribution is 5.89. The molecule has 0 bridgehead atoms. The van der Waals surface area contributed by atoms with Gasteiger partial charge in [-0.15, -0.1) is 12.4 Å². The lowest BCUT2D eigenvalue weighted by atomic mass is 10.00. The van der Waals surface area contributed by atoms with Crippen LogP contribution in [-0.2, 0) is 27.3 Å². The van der Waals surface area contributed by atoms with Gasteiger partial charge in [0.25, 0.3) is 0 Å². The van der Waals surface area contributed by atoms with Gasteiger partial charge in [-0.1, -0.05) is 42.5 Å². The predicted octanol–water partition coefficient (Wildman–Crippen LogP) is 2.66. The number of alkyl carbamates (subject to hydrolysis) is 1. The van der Waals surface area contributed by atoms with Gasteiger partial charge in [0.2, 0.25) is 5.91 Å². The Morgan fingerprint density at radius 3 is 2.24 bits per heavy atom. The van der Waals surface area contributed by atoms with Crippen LogP contribution >= 0.6 is 12.4 Å². The van der Waals surface area contributed by atoms with Crippen molar-refractivity contribution in [3.05, 3.63) is 65.7 Å². The molecule has 2 aromatic rings. The lowest BCUT2D eigenvalue weighted by molar-refractivity contribution is -0.140. The maximum absolute atomic E-state index is 13.1. The summed E-state index contributed by atoms with van der Waals surface area (Å²) < 4.78 is 10.4. The third kappa shape index (κ3) is 12.3. The van der Waals surface area contributed by atoms with E-state index in [0.29, 0.717) is 13.0 Å². The van der Waals surface area contributed by atoms with Crippen molar-refractivity contribution in [3.8, 4) is 5.75 Å². The van der Waals surface area contributed by atoms with Gasteiger partial charge in [-0.05, 0) is 50.5 Å². The van der Waals surface area contributed by atoms with E-state index in [4.69, 9.17) is 9.47 Å². The van der Waals surface area contributed by atoms with Gasteiger partial charge in [-0.25, -0.2) is 4.79 Å². The molecule has 0 heterocycles. The van der Waals surface area contributed by atoms with Crippen molar-refractivity contribution in [1.82, 2.24) is 16.0 Å². The van der Waals surface area contributed by atoms with Crippen molar-refractivity contribution in [3.63, 3.8) is 0 Å². The summed E-state index contributed by atoms with van der Waals surface area (Å²) in [5.74, 6) is -1.28. The van der Waals surface area contributed by atoms with Crippen LogP contribution in [-0.4, -0.2) is 65.6 Å². The Bertz CT molecular complexity index is 1030. The van der Waals surface area contributed by atoms with Gasteiger partial charge in [0.15, 0.2) is 0 Å². The van der Waals surface area contributed by atoms with E-state index in [0.717, 1.165) is 16.9 Å². The molecule has 0 aliphatic rings. The van der Waals surface area contributed by atoms with Crippen molar-refractivity contribution < 1.29 is 34.1 Å². The Balaban J connectivity index is 0.00000722. The number of carbonyl (C=O) groups is 3. The first-order chi connectivity index (χ1) is 17.5. The molecular formula is C27H38ClN3O7. The van der Waals surface area contributed by atoms with Gasteiger partial charge in [0, 0.05) is 13.1 Å². The summed E-state index contributed by atoms with van der Waals surface area (Å²) in [7, 11) is 1.59. The zero-order chi connectivity index (χ0) is 27.4. The number of amides is 2. The Kier molecular flexibility index (Phi) is 13.6.